The fourth-order valence-corrected chi connectivity index (χ4v) is 2.41. The van der Waals surface area contributed by atoms with Gasteiger partial charge in [0, 0.05) is 12.6 Å². The van der Waals surface area contributed by atoms with Gasteiger partial charge >= 0.3 is 0 Å². The van der Waals surface area contributed by atoms with Crippen molar-refractivity contribution in [1.29, 1.82) is 0 Å². The Morgan fingerprint density at radius 3 is 2.61 bits per heavy atom. The lowest BCUT2D eigenvalue weighted by molar-refractivity contribution is 0.306. The van der Waals surface area contributed by atoms with Crippen molar-refractivity contribution in [2.45, 2.75) is 6.61 Å². The number of rotatable bonds is 5. The number of hydrogen-bond donors (Lipinski definition) is 1. The largest absolute Gasteiger partial charge is 0.488 e. The van der Waals surface area contributed by atoms with Gasteiger partial charge in [-0.15, -0.1) is 0 Å². The first-order valence-corrected chi connectivity index (χ1v) is 7.37. The lowest BCUT2D eigenvalue weighted by Gasteiger charge is -2.12. The van der Waals surface area contributed by atoms with Gasteiger partial charge in [0.15, 0.2) is 0 Å². The topological polar surface area (TPSA) is 33.6 Å². The Balaban J connectivity index is 1.92. The number of nitrogens with zero attached hydrogens (tertiary/aromatic N) is 1. The molecule has 0 atom stereocenters. The molecule has 0 aromatic heterocycles. The van der Waals surface area contributed by atoms with Crippen molar-refractivity contribution in [3.05, 3.63) is 77.6 Å². The van der Waals surface area contributed by atoms with Crippen LogP contribution in [0.25, 0.3) is 10.8 Å². The van der Waals surface area contributed by atoms with Crippen LogP contribution in [0.2, 0.25) is 0 Å². The van der Waals surface area contributed by atoms with Crippen molar-refractivity contribution >= 4 is 17.0 Å². The summed E-state index contributed by atoms with van der Waals surface area (Å²) in [6.45, 7) is 0.374. The second-order valence-corrected chi connectivity index (χ2v) is 5.10. The molecule has 3 aromatic rings. The van der Waals surface area contributed by atoms with E-state index in [2.05, 4.69) is 16.6 Å². The van der Waals surface area contributed by atoms with E-state index in [0.29, 0.717) is 6.61 Å². The molecule has 3 rings (SSSR count). The Bertz CT molecular complexity index is 828. The van der Waals surface area contributed by atoms with Gasteiger partial charge in [0.2, 0.25) is 0 Å². The molecule has 3 aromatic carbocycles. The molecular formula is C19H17FN2O. The molecule has 0 radical (unpaired) electrons. The van der Waals surface area contributed by atoms with Crippen molar-refractivity contribution in [1.82, 2.24) is 5.43 Å². The second kappa shape index (κ2) is 6.92. The number of halogens is 1. The number of fused-ring (bicyclic) bond motifs is 1. The van der Waals surface area contributed by atoms with Gasteiger partial charge in [0.1, 0.15) is 18.2 Å². The lowest BCUT2D eigenvalue weighted by Crippen LogP contribution is -2.01. The number of hydrogen-bond acceptors (Lipinski definition) is 3. The molecular weight excluding hydrogens is 291 g/mol. The van der Waals surface area contributed by atoms with E-state index in [1.807, 2.05) is 30.3 Å². The molecule has 0 bridgehead atoms. The summed E-state index contributed by atoms with van der Waals surface area (Å²) in [6, 6.07) is 18.3. The monoisotopic (exact) mass is 308 g/mol. The van der Waals surface area contributed by atoms with Gasteiger partial charge in [-0.05, 0) is 34.5 Å². The summed E-state index contributed by atoms with van der Waals surface area (Å²) in [5, 5.41) is 6.31. The molecule has 3 nitrogen and oxygen atoms in total. The van der Waals surface area contributed by atoms with Crippen LogP contribution in [0.4, 0.5) is 4.39 Å². The molecule has 0 heterocycles. The molecule has 4 heteroatoms. The Kier molecular flexibility index (Phi) is 4.52. The van der Waals surface area contributed by atoms with E-state index >= 15 is 0 Å². The Morgan fingerprint density at radius 1 is 1.04 bits per heavy atom. The predicted molar refractivity (Wildman–Crippen MR) is 91.3 cm³/mol. The van der Waals surface area contributed by atoms with Crippen LogP contribution in [0.15, 0.2) is 65.8 Å². The first-order chi connectivity index (χ1) is 11.3. The van der Waals surface area contributed by atoms with Gasteiger partial charge in [0.25, 0.3) is 0 Å². The van der Waals surface area contributed by atoms with Crippen molar-refractivity contribution in [3.8, 4) is 5.75 Å². The maximum atomic E-state index is 13.0. The highest BCUT2D eigenvalue weighted by Crippen LogP contribution is 2.27. The van der Waals surface area contributed by atoms with Gasteiger partial charge in [-0.2, -0.15) is 5.10 Å². The molecule has 0 unspecified atom stereocenters. The first-order valence-electron chi connectivity index (χ1n) is 7.37. The number of hydrazone groups is 1. The first kappa shape index (κ1) is 15.0. The molecule has 0 saturated heterocycles. The van der Waals surface area contributed by atoms with E-state index < -0.39 is 0 Å². The quantitative estimate of drug-likeness (QED) is 0.568. The van der Waals surface area contributed by atoms with E-state index in [1.54, 1.807) is 25.4 Å². The molecule has 0 aliphatic heterocycles. The Morgan fingerprint density at radius 2 is 1.83 bits per heavy atom. The standard InChI is InChI=1S/C19H17FN2O/c1-21-22-12-18-17-5-3-2-4-15(17)8-11-19(18)23-13-14-6-9-16(20)10-7-14/h2-12,21H,13H2,1H3. The third-order valence-corrected chi connectivity index (χ3v) is 3.56. The summed E-state index contributed by atoms with van der Waals surface area (Å²) >= 11 is 0. The average molecular weight is 308 g/mol. The zero-order chi connectivity index (χ0) is 16.1. The molecule has 0 amide bonds. The summed E-state index contributed by atoms with van der Waals surface area (Å²) in [5.74, 6) is 0.494. The average Bonchev–Trinajstić information content (AvgIpc) is 2.59. The molecule has 0 aliphatic rings. The Hall–Kier alpha value is -2.88. The molecule has 1 N–H and O–H groups in total. The number of ether oxygens (including phenoxy) is 1. The fraction of sp³-hybridized carbons (Fsp3) is 0.105. The minimum absolute atomic E-state index is 0.249. The van der Waals surface area contributed by atoms with Gasteiger partial charge in [-0.1, -0.05) is 42.5 Å². The number of nitrogens with one attached hydrogen (secondary N) is 1. The molecule has 0 saturated carbocycles. The van der Waals surface area contributed by atoms with Crippen molar-refractivity contribution in [2.75, 3.05) is 7.05 Å². The van der Waals surface area contributed by atoms with Crippen molar-refractivity contribution < 1.29 is 9.13 Å². The smallest absolute Gasteiger partial charge is 0.129 e. The number of benzene rings is 3. The minimum Gasteiger partial charge on any atom is -0.488 e. The summed E-state index contributed by atoms with van der Waals surface area (Å²) in [7, 11) is 1.75. The van der Waals surface area contributed by atoms with Crippen LogP contribution in [-0.4, -0.2) is 13.3 Å². The van der Waals surface area contributed by atoms with Crippen LogP contribution in [0.3, 0.4) is 0 Å². The van der Waals surface area contributed by atoms with Crippen LogP contribution in [0.1, 0.15) is 11.1 Å². The molecule has 0 aliphatic carbocycles. The zero-order valence-corrected chi connectivity index (χ0v) is 12.8. The predicted octanol–water partition coefficient (Wildman–Crippen LogP) is 4.11. The Labute approximate surface area is 134 Å². The van der Waals surface area contributed by atoms with Crippen LogP contribution in [0.5, 0.6) is 5.75 Å². The van der Waals surface area contributed by atoms with Gasteiger partial charge in [-0.3, -0.25) is 0 Å². The highest BCUT2D eigenvalue weighted by molar-refractivity contribution is 6.02. The van der Waals surface area contributed by atoms with E-state index in [1.165, 1.54) is 12.1 Å². The van der Waals surface area contributed by atoms with Crippen LogP contribution >= 0.6 is 0 Å². The van der Waals surface area contributed by atoms with Crippen LogP contribution in [-0.2, 0) is 6.61 Å². The van der Waals surface area contributed by atoms with Crippen LogP contribution in [0, 0.1) is 5.82 Å². The lowest BCUT2D eigenvalue weighted by atomic mass is 10.0. The normalized spacial score (nSPS) is 11.0. The summed E-state index contributed by atoms with van der Waals surface area (Å²) < 4.78 is 18.9. The highest BCUT2D eigenvalue weighted by atomic mass is 19.1. The third kappa shape index (κ3) is 3.48. The van der Waals surface area contributed by atoms with E-state index in [-0.39, 0.29) is 5.82 Å². The summed E-state index contributed by atoms with van der Waals surface area (Å²) in [5.41, 5.74) is 4.59. The maximum Gasteiger partial charge on any atom is 0.129 e. The van der Waals surface area contributed by atoms with Gasteiger partial charge in [-0.25, -0.2) is 4.39 Å². The fourth-order valence-electron chi connectivity index (χ4n) is 2.41. The van der Waals surface area contributed by atoms with E-state index in [4.69, 9.17) is 4.74 Å². The SMILES string of the molecule is CNN=Cc1c(OCc2ccc(F)cc2)ccc2ccccc12. The maximum absolute atomic E-state index is 13.0. The zero-order valence-electron chi connectivity index (χ0n) is 12.8. The van der Waals surface area contributed by atoms with Gasteiger partial charge < -0.3 is 10.2 Å². The van der Waals surface area contributed by atoms with Gasteiger partial charge in [0.05, 0.1) is 6.21 Å². The second-order valence-electron chi connectivity index (χ2n) is 5.10. The molecule has 23 heavy (non-hydrogen) atoms. The van der Waals surface area contributed by atoms with Crippen LogP contribution < -0.4 is 10.2 Å². The van der Waals surface area contributed by atoms with E-state index in [9.17, 15) is 4.39 Å². The molecule has 0 fully saturated rings. The third-order valence-electron chi connectivity index (χ3n) is 3.56. The van der Waals surface area contributed by atoms with E-state index in [0.717, 1.165) is 27.6 Å². The van der Waals surface area contributed by atoms with Crippen molar-refractivity contribution in [3.63, 3.8) is 0 Å². The molecule has 0 spiro atoms. The van der Waals surface area contributed by atoms with Crippen molar-refractivity contribution in [2.24, 2.45) is 5.10 Å². The molecule has 116 valence electrons. The summed E-state index contributed by atoms with van der Waals surface area (Å²) in [4.78, 5) is 0. The minimum atomic E-state index is -0.249. The highest BCUT2D eigenvalue weighted by Gasteiger charge is 2.07. The summed E-state index contributed by atoms with van der Waals surface area (Å²) in [6.07, 6.45) is 1.75.